The maximum Gasteiger partial charge on any atom is 0.269 e. The summed E-state index contributed by atoms with van der Waals surface area (Å²) in [6, 6.07) is 4.94. The SMILES string of the molecule is CN([C@H]1CC[C@H](OCCCCN2CCC(O)CC2)CC1)S(=O)(=O)c1ccc([N+](=O)[O-])cc1. The van der Waals surface area contributed by atoms with E-state index in [2.05, 4.69) is 4.90 Å². The summed E-state index contributed by atoms with van der Waals surface area (Å²) in [6.45, 7) is 3.72. The van der Waals surface area contributed by atoms with Crippen LogP contribution in [0.3, 0.4) is 0 Å². The molecule has 9 nitrogen and oxygen atoms in total. The molecular formula is C22H35N3O6S. The highest BCUT2D eigenvalue weighted by Gasteiger charge is 2.32. The van der Waals surface area contributed by atoms with E-state index < -0.39 is 14.9 Å². The van der Waals surface area contributed by atoms with Crippen molar-refractivity contribution in [1.82, 2.24) is 9.21 Å². The zero-order chi connectivity index (χ0) is 23.1. The molecule has 0 atom stereocenters. The Morgan fingerprint density at radius 1 is 1.09 bits per heavy atom. The van der Waals surface area contributed by atoms with E-state index in [0.717, 1.165) is 77.6 Å². The molecule has 180 valence electrons. The number of hydrogen-bond acceptors (Lipinski definition) is 7. The summed E-state index contributed by atoms with van der Waals surface area (Å²) in [4.78, 5) is 12.7. The number of nitrogens with zero attached hydrogens (tertiary/aromatic N) is 3. The fourth-order valence-corrected chi connectivity index (χ4v) is 5.92. The molecule has 1 aromatic rings. The average Bonchev–Trinajstić information content (AvgIpc) is 2.80. The molecule has 2 fully saturated rings. The number of sulfonamides is 1. The minimum atomic E-state index is -3.69. The zero-order valence-corrected chi connectivity index (χ0v) is 19.6. The topological polar surface area (TPSA) is 113 Å². The maximum absolute atomic E-state index is 12.9. The van der Waals surface area contributed by atoms with Gasteiger partial charge in [-0.3, -0.25) is 10.1 Å². The minimum Gasteiger partial charge on any atom is -0.393 e. The predicted octanol–water partition coefficient (Wildman–Crippen LogP) is 2.78. The van der Waals surface area contributed by atoms with Gasteiger partial charge in [0.2, 0.25) is 10.0 Å². The van der Waals surface area contributed by atoms with Gasteiger partial charge in [0.15, 0.2) is 0 Å². The first kappa shape index (κ1) is 25.0. The van der Waals surface area contributed by atoms with Crippen LogP contribution in [0, 0.1) is 10.1 Å². The lowest BCUT2D eigenvalue weighted by Crippen LogP contribution is -2.40. The van der Waals surface area contributed by atoms with E-state index in [-0.39, 0.29) is 28.8 Å². The van der Waals surface area contributed by atoms with Crippen LogP contribution in [-0.2, 0) is 14.8 Å². The molecule has 1 aliphatic heterocycles. The van der Waals surface area contributed by atoms with E-state index in [4.69, 9.17) is 4.74 Å². The van der Waals surface area contributed by atoms with Crippen LogP contribution in [-0.4, -0.2) is 79.2 Å². The Kier molecular flexibility index (Phi) is 9.01. The number of nitro benzene ring substituents is 1. The van der Waals surface area contributed by atoms with Crippen LogP contribution in [0.4, 0.5) is 5.69 Å². The largest absolute Gasteiger partial charge is 0.393 e. The van der Waals surface area contributed by atoms with Crippen molar-refractivity contribution in [3.63, 3.8) is 0 Å². The molecule has 10 heteroatoms. The second kappa shape index (κ2) is 11.5. The van der Waals surface area contributed by atoms with Gasteiger partial charge in [-0.1, -0.05) is 0 Å². The van der Waals surface area contributed by atoms with E-state index in [0.29, 0.717) is 0 Å². The van der Waals surface area contributed by atoms with E-state index in [9.17, 15) is 23.6 Å². The molecule has 0 spiro atoms. The number of unbranched alkanes of at least 4 members (excludes halogenated alkanes) is 1. The molecule has 1 aliphatic carbocycles. The number of hydrogen-bond donors (Lipinski definition) is 1. The fourth-order valence-electron chi connectivity index (χ4n) is 4.51. The Balaban J connectivity index is 1.36. The molecule has 32 heavy (non-hydrogen) atoms. The minimum absolute atomic E-state index is 0.0761. The second-order valence-electron chi connectivity index (χ2n) is 8.85. The van der Waals surface area contributed by atoms with Gasteiger partial charge < -0.3 is 14.7 Å². The van der Waals surface area contributed by atoms with Crippen LogP contribution in [0.15, 0.2) is 29.2 Å². The molecule has 2 aliphatic rings. The summed E-state index contributed by atoms with van der Waals surface area (Å²) >= 11 is 0. The van der Waals surface area contributed by atoms with Crippen LogP contribution in [0.1, 0.15) is 51.4 Å². The Hall–Kier alpha value is -1.59. The van der Waals surface area contributed by atoms with Crippen LogP contribution >= 0.6 is 0 Å². The zero-order valence-electron chi connectivity index (χ0n) is 18.8. The molecule has 1 N–H and O–H groups in total. The van der Waals surface area contributed by atoms with Crippen molar-refractivity contribution in [2.24, 2.45) is 0 Å². The molecule has 0 bridgehead atoms. The number of non-ortho nitro benzene ring substituents is 1. The van der Waals surface area contributed by atoms with Gasteiger partial charge in [0.1, 0.15) is 0 Å². The van der Waals surface area contributed by atoms with Gasteiger partial charge in [-0.25, -0.2) is 8.42 Å². The molecular weight excluding hydrogens is 434 g/mol. The highest BCUT2D eigenvalue weighted by Crippen LogP contribution is 2.29. The normalized spacial score (nSPS) is 23.5. The first-order valence-corrected chi connectivity index (χ1v) is 13.0. The summed E-state index contributed by atoms with van der Waals surface area (Å²) in [5.41, 5.74) is -0.126. The predicted molar refractivity (Wildman–Crippen MR) is 121 cm³/mol. The molecule has 1 saturated carbocycles. The van der Waals surface area contributed by atoms with Gasteiger partial charge >= 0.3 is 0 Å². The van der Waals surface area contributed by atoms with Crippen molar-refractivity contribution < 1.29 is 23.2 Å². The van der Waals surface area contributed by atoms with Gasteiger partial charge in [0.25, 0.3) is 5.69 Å². The molecule has 1 saturated heterocycles. The standard InChI is InChI=1S/C22H35N3O6S/c1-23(32(29,30)22-10-6-19(7-11-22)25(27)28)18-4-8-21(9-5-18)31-17-3-2-14-24-15-12-20(26)13-16-24/h6-7,10-11,18,20-21,26H,2-5,8-9,12-17H2,1H3/t18-,21-. The Labute approximate surface area is 190 Å². The van der Waals surface area contributed by atoms with Crippen molar-refractivity contribution in [3.05, 3.63) is 34.4 Å². The Morgan fingerprint density at radius 2 is 1.72 bits per heavy atom. The smallest absolute Gasteiger partial charge is 0.269 e. The number of aliphatic hydroxyl groups excluding tert-OH is 1. The highest BCUT2D eigenvalue weighted by molar-refractivity contribution is 7.89. The lowest BCUT2D eigenvalue weighted by atomic mass is 9.93. The van der Waals surface area contributed by atoms with Crippen LogP contribution in [0.2, 0.25) is 0 Å². The maximum atomic E-state index is 12.9. The number of rotatable bonds is 10. The van der Waals surface area contributed by atoms with Gasteiger partial charge in [-0.05, 0) is 70.0 Å². The number of piperidine rings is 1. The third-order valence-electron chi connectivity index (χ3n) is 6.66. The van der Waals surface area contributed by atoms with Gasteiger partial charge in [-0.2, -0.15) is 4.31 Å². The van der Waals surface area contributed by atoms with E-state index >= 15 is 0 Å². The van der Waals surface area contributed by atoms with Crippen molar-refractivity contribution in [3.8, 4) is 0 Å². The number of benzene rings is 1. The van der Waals surface area contributed by atoms with Gasteiger partial charge in [0.05, 0.1) is 22.0 Å². The van der Waals surface area contributed by atoms with Crippen LogP contribution in [0.25, 0.3) is 0 Å². The summed E-state index contributed by atoms with van der Waals surface area (Å²) in [5.74, 6) is 0. The highest BCUT2D eigenvalue weighted by atomic mass is 32.2. The van der Waals surface area contributed by atoms with E-state index in [1.807, 2.05) is 0 Å². The molecule has 0 unspecified atom stereocenters. The number of likely N-dealkylation sites (tertiary alicyclic amines) is 1. The first-order chi connectivity index (χ1) is 15.3. The summed E-state index contributed by atoms with van der Waals surface area (Å²) in [6.07, 6.45) is 7.01. The van der Waals surface area contributed by atoms with Crippen LogP contribution < -0.4 is 0 Å². The molecule has 3 rings (SSSR count). The lowest BCUT2D eigenvalue weighted by molar-refractivity contribution is -0.384. The van der Waals surface area contributed by atoms with Crippen molar-refractivity contribution in [2.45, 2.75) is 74.5 Å². The Bertz CT molecular complexity index is 832. The fraction of sp³-hybridized carbons (Fsp3) is 0.727. The second-order valence-corrected chi connectivity index (χ2v) is 10.9. The number of ether oxygens (including phenoxy) is 1. The van der Waals surface area contributed by atoms with E-state index in [1.54, 1.807) is 7.05 Å². The van der Waals surface area contributed by atoms with Crippen LogP contribution in [0.5, 0.6) is 0 Å². The van der Waals surface area contributed by atoms with Crippen molar-refractivity contribution in [2.75, 3.05) is 33.3 Å². The molecule has 1 heterocycles. The quantitative estimate of drug-likeness (QED) is 0.318. The lowest BCUT2D eigenvalue weighted by Gasteiger charge is -2.34. The summed E-state index contributed by atoms with van der Waals surface area (Å²) < 4.78 is 33.2. The first-order valence-electron chi connectivity index (χ1n) is 11.5. The molecule has 1 aromatic carbocycles. The average molecular weight is 470 g/mol. The molecule has 0 aromatic heterocycles. The number of nitro groups is 1. The van der Waals surface area contributed by atoms with Crippen molar-refractivity contribution >= 4 is 15.7 Å². The third kappa shape index (κ3) is 6.71. The van der Waals surface area contributed by atoms with Crippen molar-refractivity contribution in [1.29, 1.82) is 0 Å². The van der Waals surface area contributed by atoms with Gasteiger partial charge in [-0.15, -0.1) is 0 Å². The Morgan fingerprint density at radius 3 is 2.31 bits per heavy atom. The molecule has 0 amide bonds. The summed E-state index contributed by atoms with van der Waals surface area (Å²) in [7, 11) is -2.10. The monoisotopic (exact) mass is 469 g/mol. The summed E-state index contributed by atoms with van der Waals surface area (Å²) in [5, 5.41) is 20.4. The number of aliphatic hydroxyl groups is 1. The molecule has 0 radical (unpaired) electrons. The van der Waals surface area contributed by atoms with E-state index in [1.165, 1.54) is 28.6 Å². The van der Waals surface area contributed by atoms with Gasteiger partial charge in [0, 0.05) is 44.9 Å². The third-order valence-corrected chi connectivity index (χ3v) is 8.59.